The van der Waals surface area contributed by atoms with E-state index in [1.54, 1.807) is 6.07 Å². The lowest BCUT2D eigenvalue weighted by Gasteiger charge is -2.31. The van der Waals surface area contributed by atoms with E-state index < -0.39 is 0 Å². The van der Waals surface area contributed by atoms with Gasteiger partial charge in [-0.25, -0.2) is 4.98 Å². The molecule has 7 heteroatoms. The van der Waals surface area contributed by atoms with Crippen molar-refractivity contribution >= 4 is 17.3 Å². The lowest BCUT2D eigenvalue weighted by molar-refractivity contribution is -0.384. The van der Waals surface area contributed by atoms with Crippen LogP contribution in [0.5, 0.6) is 0 Å². The van der Waals surface area contributed by atoms with Gasteiger partial charge in [-0.1, -0.05) is 6.92 Å². The van der Waals surface area contributed by atoms with E-state index in [0.29, 0.717) is 24.8 Å². The average molecular weight is 294 g/mol. The summed E-state index contributed by atoms with van der Waals surface area (Å²) in [5, 5.41) is 14.4. The predicted molar refractivity (Wildman–Crippen MR) is 81.9 cm³/mol. The zero-order chi connectivity index (χ0) is 15.2. The van der Waals surface area contributed by atoms with Gasteiger partial charge in [0.05, 0.1) is 4.92 Å². The third-order valence-electron chi connectivity index (χ3n) is 3.68. The minimum absolute atomic E-state index is 0.0473. The minimum atomic E-state index is -0.373. The van der Waals surface area contributed by atoms with Gasteiger partial charge in [-0.15, -0.1) is 0 Å². The number of rotatable bonds is 6. The number of pyridine rings is 1. The fourth-order valence-corrected chi connectivity index (χ4v) is 2.44. The molecule has 0 aliphatic carbocycles. The molecule has 116 valence electrons. The van der Waals surface area contributed by atoms with Crippen molar-refractivity contribution < 1.29 is 9.66 Å². The van der Waals surface area contributed by atoms with Crippen LogP contribution < -0.4 is 10.2 Å². The molecule has 1 aromatic rings. The van der Waals surface area contributed by atoms with E-state index >= 15 is 0 Å². The summed E-state index contributed by atoms with van der Waals surface area (Å²) in [7, 11) is 1.87. The smallest absolute Gasteiger partial charge is 0.311 e. The molecule has 2 rings (SSSR count). The van der Waals surface area contributed by atoms with Crippen LogP contribution in [-0.4, -0.2) is 42.8 Å². The largest absolute Gasteiger partial charge is 0.381 e. The Labute approximate surface area is 124 Å². The van der Waals surface area contributed by atoms with Crippen molar-refractivity contribution in [3.05, 3.63) is 22.2 Å². The molecule has 1 N–H and O–H groups in total. The number of nitrogens with one attached hydrogen (secondary N) is 1. The summed E-state index contributed by atoms with van der Waals surface area (Å²) in [5.74, 6) is 1.10. The SMILES string of the molecule is CCCNc1ccc([N+](=O)[O-])c(N(C)C2CCOCC2)n1. The molecule has 0 saturated carbocycles. The predicted octanol–water partition coefficient (Wildman–Crippen LogP) is 2.43. The van der Waals surface area contributed by atoms with Crippen molar-refractivity contribution in [2.24, 2.45) is 0 Å². The molecule has 0 radical (unpaired) electrons. The van der Waals surface area contributed by atoms with Crippen LogP contribution in [0.4, 0.5) is 17.3 Å². The van der Waals surface area contributed by atoms with Crippen LogP contribution in [0.25, 0.3) is 0 Å². The molecular formula is C14H22N4O3. The second-order valence-electron chi connectivity index (χ2n) is 5.18. The highest BCUT2D eigenvalue weighted by Crippen LogP contribution is 2.30. The standard InChI is InChI=1S/C14H22N4O3/c1-3-8-15-13-5-4-12(18(19)20)14(16-13)17(2)11-6-9-21-10-7-11/h4-5,11H,3,6-10H2,1-2H3,(H,15,16). The van der Waals surface area contributed by atoms with Gasteiger partial charge >= 0.3 is 5.69 Å². The molecule has 0 amide bonds. The molecule has 1 fully saturated rings. The first-order chi connectivity index (χ1) is 10.1. The van der Waals surface area contributed by atoms with E-state index in [9.17, 15) is 10.1 Å². The van der Waals surface area contributed by atoms with Gasteiger partial charge in [0.2, 0.25) is 5.82 Å². The Morgan fingerprint density at radius 3 is 2.81 bits per heavy atom. The fraction of sp³-hybridized carbons (Fsp3) is 0.643. The maximum absolute atomic E-state index is 11.2. The number of hydrogen-bond acceptors (Lipinski definition) is 6. The van der Waals surface area contributed by atoms with E-state index in [4.69, 9.17) is 4.74 Å². The molecule has 1 aliphatic heterocycles. The molecule has 0 bridgehead atoms. The number of nitro groups is 1. The van der Waals surface area contributed by atoms with Gasteiger partial charge < -0.3 is 15.0 Å². The highest BCUT2D eigenvalue weighted by atomic mass is 16.6. The highest BCUT2D eigenvalue weighted by molar-refractivity contribution is 5.62. The monoisotopic (exact) mass is 294 g/mol. The van der Waals surface area contributed by atoms with E-state index in [-0.39, 0.29) is 16.7 Å². The lowest BCUT2D eigenvalue weighted by atomic mass is 10.1. The van der Waals surface area contributed by atoms with Crippen molar-refractivity contribution in [2.45, 2.75) is 32.2 Å². The Bertz CT molecular complexity index is 489. The highest BCUT2D eigenvalue weighted by Gasteiger charge is 2.26. The minimum Gasteiger partial charge on any atom is -0.381 e. The van der Waals surface area contributed by atoms with Gasteiger partial charge in [0, 0.05) is 38.9 Å². The van der Waals surface area contributed by atoms with E-state index in [2.05, 4.69) is 17.2 Å². The van der Waals surface area contributed by atoms with Gasteiger partial charge in [0.1, 0.15) is 5.82 Å². The lowest BCUT2D eigenvalue weighted by Crippen LogP contribution is -2.37. The summed E-state index contributed by atoms with van der Waals surface area (Å²) in [4.78, 5) is 17.2. The summed E-state index contributed by atoms with van der Waals surface area (Å²) in [6, 6.07) is 3.41. The zero-order valence-electron chi connectivity index (χ0n) is 12.5. The molecule has 0 spiro atoms. The quantitative estimate of drug-likeness (QED) is 0.641. The van der Waals surface area contributed by atoms with Crippen LogP contribution in [0.3, 0.4) is 0 Å². The first-order valence-corrected chi connectivity index (χ1v) is 7.33. The van der Waals surface area contributed by atoms with Crippen molar-refractivity contribution in [1.82, 2.24) is 4.98 Å². The third-order valence-corrected chi connectivity index (χ3v) is 3.68. The summed E-state index contributed by atoms with van der Waals surface area (Å²) < 4.78 is 5.35. The second kappa shape index (κ2) is 7.21. The molecule has 0 unspecified atom stereocenters. The van der Waals surface area contributed by atoms with Gasteiger partial charge in [0.15, 0.2) is 0 Å². The Balaban J connectivity index is 2.26. The molecule has 1 saturated heterocycles. The Morgan fingerprint density at radius 2 is 2.19 bits per heavy atom. The molecule has 0 aromatic carbocycles. The number of hydrogen-bond donors (Lipinski definition) is 1. The molecule has 1 aromatic heterocycles. The van der Waals surface area contributed by atoms with E-state index in [1.807, 2.05) is 11.9 Å². The molecular weight excluding hydrogens is 272 g/mol. The van der Waals surface area contributed by atoms with Gasteiger partial charge in [-0.2, -0.15) is 0 Å². The molecule has 21 heavy (non-hydrogen) atoms. The van der Waals surface area contributed by atoms with Crippen molar-refractivity contribution in [3.8, 4) is 0 Å². The Morgan fingerprint density at radius 1 is 1.48 bits per heavy atom. The van der Waals surface area contributed by atoms with Gasteiger partial charge in [-0.05, 0) is 25.3 Å². The van der Waals surface area contributed by atoms with E-state index in [0.717, 1.165) is 25.8 Å². The van der Waals surface area contributed by atoms with Crippen LogP contribution >= 0.6 is 0 Å². The third kappa shape index (κ3) is 3.81. The van der Waals surface area contributed by atoms with E-state index in [1.165, 1.54) is 6.07 Å². The Hall–Kier alpha value is -1.89. The maximum Gasteiger partial charge on any atom is 0.311 e. The van der Waals surface area contributed by atoms with Gasteiger partial charge in [-0.3, -0.25) is 10.1 Å². The number of anilines is 2. The molecule has 0 atom stereocenters. The van der Waals surface area contributed by atoms with Crippen molar-refractivity contribution in [3.63, 3.8) is 0 Å². The van der Waals surface area contributed by atoms with Gasteiger partial charge in [0.25, 0.3) is 0 Å². The summed E-state index contributed by atoms with van der Waals surface area (Å²) in [6.45, 7) is 4.24. The topological polar surface area (TPSA) is 80.5 Å². The van der Waals surface area contributed by atoms with Crippen LogP contribution in [0.2, 0.25) is 0 Å². The Kier molecular flexibility index (Phi) is 5.32. The zero-order valence-corrected chi connectivity index (χ0v) is 12.5. The number of ether oxygens (including phenoxy) is 1. The van der Waals surface area contributed by atoms with Crippen LogP contribution in [0.15, 0.2) is 12.1 Å². The van der Waals surface area contributed by atoms with Crippen LogP contribution in [0.1, 0.15) is 26.2 Å². The first-order valence-electron chi connectivity index (χ1n) is 7.33. The number of nitrogens with zero attached hydrogens (tertiary/aromatic N) is 3. The molecule has 1 aliphatic rings. The second-order valence-corrected chi connectivity index (χ2v) is 5.18. The molecule has 7 nitrogen and oxygen atoms in total. The van der Waals surface area contributed by atoms with Crippen LogP contribution in [0, 0.1) is 10.1 Å². The fourth-order valence-electron chi connectivity index (χ4n) is 2.44. The summed E-state index contributed by atoms with van der Waals surface area (Å²) >= 11 is 0. The first kappa shape index (κ1) is 15.5. The van der Waals surface area contributed by atoms with Crippen LogP contribution in [-0.2, 0) is 4.74 Å². The molecule has 2 heterocycles. The number of aromatic nitrogens is 1. The van der Waals surface area contributed by atoms with Crippen molar-refractivity contribution in [1.29, 1.82) is 0 Å². The summed E-state index contributed by atoms with van der Waals surface area (Å²) in [5.41, 5.74) is 0.0473. The van der Waals surface area contributed by atoms with Crippen molar-refractivity contribution in [2.75, 3.05) is 37.0 Å². The normalized spacial score (nSPS) is 15.7. The average Bonchev–Trinajstić information content (AvgIpc) is 2.52. The summed E-state index contributed by atoms with van der Waals surface area (Å²) in [6.07, 6.45) is 2.70. The maximum atomic E-state index is 11.2.